The minimum Gasteiger partial charge on any atom is -0.375 e. The maximum Gasteiger partial charge on any atom is 0.160 e. The van der Waals surface area contributed by atoms with E-state index in [-0.39, 0.29) is 23.1 Å². The molecule has 0 radical (unpaired) electrons. The fraction of sp³-hybridized carbons (Fsp3) is 0.500. The van der Waals surface area contributed by atoms with Crippen LogP contribution in [0.2, 0.25) is 0 Å². The molecule has 1 aromatic rings. The number of ketones is 1. The Morgan fingerprint density at radius 1 is 1.29 bits per heavy atom. The van der Waals surface area contributed by atoms with E-state index in [4.69, 9.17) is 0 Å². The standard InChI is InChI=1S/C18H22FNO/c1-18(2)15-10-13(19)8-9-14(15)16(20-18)11-17(21)12-6-4-3-5-7-12/h8-12,20H,3-7H2,1-2H3/b16-11-. The summed E-state index contributed by atoms with van der Waals surface area (Å²) in [5.41, 5.74) is 2.37. The molecule has 0 bridgehead atoms. The molecule has 3 heteroatoms. The first-order chi connectivity index (χ1) is 9.97. The molecule has 0 spiro atoms. The minimum absolute atomic E-state index is 0.167. The van der Waals surface area contributed by atoms with Crippen LogP contribution in [0.1, 0.15) is 57.1 Å². The van der Waals surface area contributed by atoms with Crippen LogP contribution in [0.15, 0.2) is 24.3 Å². The lowest BCUT2D eigenvalue weighted by atomic mass is 9.86. The number of carbonyl (C=O) groups excluding carboxylic acids is 1. The van der Waals surface area contributed by atoms with Crippen LogP contribution >= 0.6 is 0 Å². The van der Waals surface area contributed by atoms with Gasteiger partial charge in [-0.25, -0.2) is 4.39 Å². The molecule has 0 amide bonds. The van der Waals surface area contributed by atoms with Gasteiger partial charge in [0.25, 0.3) is 0 Å². The Bertz CT molecular complexity index is 597. The van der Waals surface area contributed by atoms with E-state index in [9.17, 15) is 9.18 Å². The summed E-state index contributed by atoms with van der Waals surface area (Å²) in [6.45, 7) is 4.02. The molecule has 2 nitrogen and oxygen atoms in total. The molecule has 112 valence electrons. The van der Waals surface area contributed by atoms with E-state index in [0.717, 1.165) is 42.5 Å². The average molecular weight is 287 g/mol. The Kier molecular flexibility index (Phi) is 3.60. The van der Waals surface area contributed by atoms with Gasteiger partial charge in [0.05, 0.1) is 5.54 Å². The van der Waals surface area contributed by atoms with Crippen LogP contribution in [-0.2, 0) is 10.3 Å². The van der Waals surface area contributed by atoms with Crippen molar-refractivity contribution in [1.82, 2.24) is 5.32 Å². The highest BCUT2D eigenvalue weighted by Crippen LogP contribution is 2.37. The van der Waals surface area contributed by atoms with Crippen molar-refractivity contribution in [1.29, 1.82) is 0 Å². The van der Waals surface area contributed by atoms with E-state index in [1.54, 1.807) is 18.2 Å². The Labute approximate surface area is 125 Å². The summed E-state index contributed by atoms with van der Waals surface area (Å²) in [6.07, 6.45) is 7.29. The maximum absolute atomic E-state index is 13.5. The summed E-state index contributed by atoms with van der Waals surface area (Å²) in [6, 6.07) is 4.79. The SMILES string of the molecule is CC1(C)N/C(=C\C(=O)C2CCCCC2)c2ccc(F)cc21. The second-order valence-corrected chi connectivity index (χ2v) is 6.74. The van der Waals surface area contributed by atoms with E-state index in [1.165, 1.54) is 12.5 Å². The van der Waals surface area contributed by atoms with E-state index < -0.39 is 0 Å². The predicted molar refractivity (Wildman–Crippen MR) is 82.1 cm³/mol. The van der Waals surface area contributed by atoms with Crippen molar-refractivity contribution >= 4 is 11.5 Å². The van der Waals surface area contributed by atoms with Gasteiger partial charge in [0.15, 0.2) is 5.78 Å². The molecule has 1 aliphatic heterocycles. The third-order valence-electron chi connectivity index (χ3n) is 4.69. The summed E-state index contributed by atoms with van der Waals surface area (Å²) < 4.78 is 13.5. The molecule has 1 heterocycles. The molecule has 1 aromatic carbocycles. The Hall–Kier alpha value is -1.64. The largest absolute Gasteiger partial charge is 0.375 e. The van der Waals surface area contributed by atoms with Gasteiger partial charge in [0.1, 0.15) is 5.82 Å². The van der Waals surface area contributed by atoms with Crippen molar-refractivity contribution in [2.24, 2.45) is 5.92 Å². The van der Waals surface area contributed by atoms with Crippen LogP contribution in [0, 0.1) is 11.7 Å². The van der Waals surface area contributed by atoms with Crippen LogP contribution in [-0.4, -0.2) is 5.78 Å². The summed E-state index contributed by atoms with van der Waals surface area (Å²) in [7, 11) is 0. The number of halogens is 1. The Balaban J connectivity index is 1.90. The molecule has 0 saturated heterocycles. The molecule has 21 heavy (non-hydrogen) atoms. The van der Waals surface area contributed by atoms with Gasteiger partial charge in [-0.1, -0.05) is 19.3 Å². The molecule has 2 aliphatic rings. The van der Waals surface area contributed by atoms with Crippen molar-refractivity contribution in [3.8, 4) is 0 Å². The van der Waals surface area contributed by atoms with Gasteiger partial charge in [-0.3, -0.25) is 4.79 Å². The zero-order valence-electron chi connectivity index (χ0n) is 12.7. The number of allylic oxidation sites excluding steroid dienone is 1. The Morgan fingerprint density at radius 3 is 2.71 bits per heavy atom. The molecular weight excluding hydrogens is 265 g/mol. The number of nitrogens with one attached hydrogen (secondary N) is 1. The quantitative estimate of drug-likeness (QED) is 0.828. The van der Waals surface area contributed by atoms with E-state index >= 15 is 0 Å². The Morgan fingerprint density at radius 2 is 2.00 bits per heavy atom. The number of fused-ring (bicyclic) bond motifs is 1. The lowest BCUT2D eigenvalue weighted by Gasteiger charge is -2.21. The van der Waals surface area contributed by atoms with Gasteiger partial charge in [0.2, 0.25) is 0 Å². The lowest BCUT2D eigenvalue weighted by molar-refractivity contribution is -0.119. The summed E-state index contributed by atoms with van der Waals surface area (Å²) in [5.74, 6) is 0.148. The monoisotopic (exact) mass is 287 g/mol. The van der Waals surface area contributed by atoms with E-state index in [1.807, 2.05) is 13.8 Å². The van der Waals surface area contributed by atoms with E-state index in [0.29, 0.717) is 0 Å². The molecular formula is C18H22FNO. The third kappa shape index (κ3) is 2.74. The lowest BCUT2D eigenvalue weighted by Crippen LogP contribution is -2.29. The third-order valence-corrected chi connectivity index (χ3v) is 4.69. The number of carbonyl (C=O) groups is 1. The number of hydrogen-bond acceptors (Lipinski definition) is 2. The second kappa shape index (κ2) is 5.28. The van der Waals surface area contributed by atoms with Crippen LogP contribution in [0.5, 0.6) is 0 Å². The molecule has 0 unspecified atom stereocenters. The highest BCUT2D eigenvalue weighted by Gasteiger charge is 2.33. The summed E-state index contributed by atoms with van der Waals surface area (Å²) in [4.78, 5) is 12.5. The minimum atomic E-state index is -0.337. The first-order valence-corrected chi connectivity index (χ1v) is 7.81. The van der Waals surface area contributed by atoms with Crippen LogP contribution < -0.4 is 5.32 Å². The smallest absolute Gasteiger partial charge is 0.160 e. The van der Waals surface area contributed by atoms with Crippen molar-refractivity contribution in [3.63, 3.8) is 0 Å². The topological polar surface area (TPSA) is 29.1 Å². The molecule has 0 aromatic heterocycles. The summed E-state index contributed by atoms with van der Waals surface area (Å²) >= 11 is 0. The van der Waals surface area contributed by atoms with Gasteiger partial charge in [0, 0.05) is 23.3 Å². The molecule has 1 N–H and O–H groups in total. The molecule has 1 fully saturated rings. The number of hydrogen-bond donors (Lipinski definition) is 1. The van der Waals surface area contributed by atoms with Crippen LogP contribution in [0.25, 0.3) is 5.70 Å². The normalized spacial score (nSPS) is 22.9. The average Bonchev–Trinajstić information content (AvgIpc) is 2.70. The first-order valence-electron chi connectivity index (χ1n) is 7.81. The maximum atomic E-state index is 13.5. The number of benzene rings is 1. The fourth-order valence-electron chi connectivity index (χ4n) is 3.50. The van der Waals surface area contributed by atoms with Gasteiger partial charge < -0.3 is 5.32 Å². The summed E-state index contributed by atoms with van der Waals surface area (Å²) in [5, 5.41) is 3.37. The predicted octanol–water partition coefficient (Wildman–Crippen LogP) is 4.15. The number of rotatable bonds is 2. The van der Waals surface area contributed by atoms with Crippen LogP contribution in [0.3, 0.4) is 0 Å². The van der Waals surface area contributed by atoms with Gasteiger partial charge in [-0.15, -0.1) is 0 Å². The molecule has 1 aliphatic carbocycles. The van der Waals surface area contributed by atoms with Gasteiger partial charge in [-0.05, 0) is 50.5 Å². The highest BCUT2D eigenvalue weighted by atomic mass is 19.1. The van der Waals surface area contributed by atoms with Crippen molar-refractivity contribution < 1.29 is 9.18 Å². The first kappa shape index (κ1) is 14.3. The van der Waals surface area contributed by atoms with Gasteiger partial charge >= 0.3 is 0 Å². The molecule has 1 saturated carbocycles. The van der Waals surface area contributed by atoms with Crippen molar-refractivity contribution in [2.45, 2.75) is 51.5 Å². The zero-order valence-corrected chi connectivity index (χ0v) is 12.7. The highest BCUT2D eigenvalue weighted by molar-refractivity contribution is 5.99. The molecule has 0 atom stereocenters. The fourth-order valence-corrected chi connectivity index (χ4v) is 3.50. The van der Waals surface area contributed by atoms with E-state index in [2.05, 4.69) is 5.32 Å². The van der Waals surface area contributed by atoms with Crippen molar-refractivity contribution in [2.75, 3.05) is 0 Å². The van der Waals surface area contributed by atoms with Gasteiger partial charge in [-0.2, -0.15) is 0 Å². The molecule has 3 rings (SSSR count). The van der Waals surface area contributed by atoms with Crippen molar-refractivity contribution in [3.05, 3.63) is 41.2 Å². The second-order valence-electron chi connectivity index (χ2n) is 6.74. The zero-order chi connectivity index (χ0) is 15.0. The van der Waals surface area contributed by atoms with Crippen LogP contribution in [0.4, 0.5) is 4.39 Å².